The molecule has 0 spiro atoms. The Hall–Kier alpha value is -0.640. The number of hydrogen-bond donors (Lipinski definition) is 2. The van der Waals surface area contributed by atoms with Gasteiger partial charge in [0.05, 0.1) is 6.54 Å². The smallest absolute Gasteiger partial charge is 0.233 e. The van der Waals surface area contributed by atoms with Crippen molar-refractivity contribution in [3.63, 3.8) is 0 Å². The molecule has 0 fully saturated rings. The Morgan fingerprint density at radius 3 is 2.80 bits per heavy atom. The Labute approximate surface area is 60.0 Å². The molecule has 0 unspecified atom stereocenters. The fraction of sp³-hybridized carbons (Fsp3) is 0.833. The van der Waals surface area contributed by atoms with Gasteiger partial charge in [0.1, 0.15) is 6.67 Å². The van der Waals surface area contributed by atoms with Crippen molar-refractivity contribution in [3.05, 3.63) is 0 Å². The zero-order valence-electron chi connectivity index (χ0n) is 6.11. The van der Waals surface area contributed by atoms with E-state index in [2.05, 4.69) is 10.6 Å². The first-order chi connectivity index (χ1) is 4.81. The molecule has 1 amide bonds. The quantitative estimate of drug-likeness (QED) is 0.525. The van der Waals surface area contributed by atoms with Gasteiger partial charge in [0.15, 0.2) is 0 Å². The van der Waals surface area contributed by atoms with Crippen molar-refractivity contribution >= 4 is 5.91 Å². The van der Waals surface area contributed by atoms with Crippen molar-refractivity contribution in [1.82, 2.24) is 10.6 Å². The summed E-state index contributed by atoms with van der Waals surface area (Å²) in [5, 5.41) is 5.21. The van der Waals surface area contributed by atoms with Crippen LogP contribution < -0.4 is 10.6 Å². The third-order valence-corrected chi connectivity index (χ3v) is 0.931. The van der Waals surface area contributed by atoms with Crippen LogP contribution in [0.1, 0.15) is 6.92 Å². The molecule has 4 heteroatoms. The van der Waals surface area contributed by atoms with E-state index in [1.165, 1.54) is 0 Å². The van der Waals surface area contributed by atoms with Crippen molar-refractivity contribution < 1.29 is 9.18 Å². The van der Waals surface area contributed by atoms with Gasteiger partial charge in [-0.25, -0.2) is 4.39 Å². The first-order valence-corrected chi connectivity index (χ1v) is 3.34. The molecule has 2 N–H and O–H groups in total. The number of halogens is 1. The summed E-state index contributed by atoms with van der Waals surface area (Å²) in [7, 11) is 0. The summed E-state index contributed by atoms with van der Waals surface area (Å²) in [6.45, 7) is 2.48. The van der Waals surface area contributed by atoms with Gasteiger partial charge in [0, 0.05) is 13.1 Å². The molecule has 0 aromatic heterocycles. The first-order valence-electron chi connectivity index (χ1n) is 3.34. The van der Waals surface area contributed by atoms with Gasteiger partial charge in [-0.2, -0.15) is 0 Å². The summed E-state index contributed by atoms with van der Waals surface area (Å²) in [5.74, 6) is -0.0871. The molecule has 10 heavy (non-hydrogen) atoms. The Kier molecular flexibility index (Phi) is 6.06. The molecule has 0 rings (SSSR count). The lowest BCUT2D eigenvalue weighted by Gasteiger charge is -2.01. The van der Waals surface area contributed by atoms with Crippen molar-refractivity contribution in [3.8, 4) is 0 Å². The maximum absolute atomic E-state index is 11.4. The molecule has 0 bridgehead atoms. The third-order valence-electron chi connectivity index (χ3n) is 0.931. The van der Waals surface area contributed by atoms with Gasteiger partial charge in [-0.05, 0) is 6.92 Å². The predicted octanol–water partition coefficient (Wildman–Crippen LogP) is -0.318. The summed E-state index contributed by atoms with van der Waals surface area (Å²) in [5.41, 5.74) is 0. The second kappa shape index (κ2) is 6.48. The van der Waals surface area contributed by atoms with Crippen LogP contribution in [0, 0.1) is 0 Å². The van der Waals surface area contributed by atoms with E-state index in [0.29, 0.717) is 6.54 Å². The molecule has 0 radical (unpaired) electrons. The Morgan fingerprint density at radius 1 is 1.60 bits per heavy atom. The summed E-state index contributed by atoms with van der Waals surface area (Å²) in [4.78, 5) is 10.6. The van der Waals surface area contributed by atoms with Gasteiger partial charge < -0.3 is 10.6 Å². The average Bonchev–Trinajstić information content (AvgIpc) is 1.89. The molecule has 0 atom stereocenters. The van der Waals surface area contributed by atoms with Crippen LogP contribution >= 0.6 is 0 Å². The molecule has 0 aliphatic heterocycles. The Morgan fingerprint density at radius 2 is 2.30 bits per heavy atom. The van der Waals surface area contributed by atoms with Crippen LogP contribution in [0.2, 0.25) is 0 Å². The molecule has 60 valence electrons. The van der Waals surface area contributed by atoms with Crippen LogP contribution in [-0.2, 0) is 4.79 Å². The zero-order chi connectivity index (χ0) is 7.82. The van der Waals surface area contributed by atoms with Crippen LogP contribution in [0.15, 0.2) is 0 Å². The van der Waals surface area contributed by atoms with Crippen molar-refractivity contribution in [2.45, 2.75) is 6.92 Å². The lowest BCUT2D eigenvalue weighted by molar-refractivity contribution is -0.120. The summed E-state index contributed by atoms with van der Waals surface area (Å²) < 4.78 is 11.4. The largest absolute Gasteiger partial charge is 0.355 e. The van der Waals surface area contributed by atoms with E-state index in [4.69, 9.17) is 0 Å². The molecule has 0 heterocycles. The lowest BCUT2D eigenvalue weighted by atomic mass is 10.5. The highest BCUT2D eigenvalue weighted by molar-refractivity contribution is 5.77. The number of alkyl halides is 1. The van der Waals surface area contributed by atoms with E-state index in [1.807, 2.05) is 6.92 Å². The summed E-state index contributed by atoms with van der Waals surface area (Å²) in [6, 6.07) is 0. The second-order valence-electron chi connectivity index (χ2n) is 1.82. The molecule has 0 aliphatic carbocycles. The zero-order valence-corrected chi connectivity index (χ0v) is 6.11. The van der Waals surface area contributed by atoms with Crippen molar-refractivity contribution in [2.75, 3.05) is 26.3 Å². The second-order valence-corrected chi connectivity index (χ2v) is 1.82. The maximum atomic E-state index is 11.4. The minimum absolute atomic E-state index is 0.0871. The van der Waals surface area contributed by atoms with Gasteiger partial charge in [-0.15, -0.1) is 0 Å². The Balaban J connectivity index is 3.05. The molecule has 0 saturated heterocycles. The fourth-order valence-corrected chi connectivity index (χ4v) is 0.528. The number of nitrogens with one attached hydrogen (secondary N) is 2. The molecule has 0 aromatic carbocycles. The van der Waals surface area contributed by atoms with Crippen LogP contribution in [0.5, 0.6) is 0 Å². The van der Waals surface area contributed by atoms with Crippen LogP contribution in [0.3, 0.4) is 0 Å². The van der Waals surface area contributed by atoms with Crippen LogP contribution in [0.25, 0.3) is 0 Å². The lowest BCUT2D eigenvalue weighted by Crippen LogP contribution is -2.34. The van der Waals surface area contributed by atoms with Gasteiger partial charge in [0.2, 0.25) is 5.91 Å². The highest BCUT2D eigenvalue weighted by Gasteiger charge is 1.95. The minimum Gasteiger partial charge on any atom is -0.355 e. The predicted molar refractivity (Wildman–Crippen MR) is 37.5 cm³/mol. The SMILES string of the molecule is CCNC(=O)CNCCF. The van der Waals surface area contributed by atoms with E-state index in [0.717, 1.165) is 0 Å². The van der Waals surface area contributed by atoms with Gasteiger partial charge in [0.25, 0.3) is 0 Å². The standard InChI is InChI=1S/C6H13FN2O/c1-2-9-6(10)5-8-4-3-7/h8H,2-5H2,1H3,(H,9,10). The van der Waals surface area contributed by atoms with E-state index < -0.39 is 6.67 Å². The van der Waals surface area contributed by atoms with Crippen LogP contribution in [0.4, 0.5) is 4.39 Å². The van der Waals surface area contributed by atoms with E-state index in [9.17, 15) is 9.18 Å². The molecular formula is C6H13FN2O. The third kappa shape index (κ3) is 5.50. The first kappa shape index (κ1) is 9.36. The number of amides is 1. The molecular weight excluding hydrogens is 135 g/mol. The number of hydrogen-bond acceptors (Lipinski definition) is 2. The number of carbonyl (C=O) groups excluding carboxylic acids is 1. The average molecular weight is 148 g/mol. The highest BCUT2D eigenvalue weighted by Crippen LogP contribution is 1.65. The normalized spacial score (nSPS) is 9.40. The Bertz CT molecular complexity index is 97.7. The van der Waals surface area contributed by atoms with Gasteiger partial charge in [-0.1, -0.05) is 0 Å². The number of rotatable bonds is 5. The summed E-state index contributed by atoms with van der Waals surface area (Å²) >= 11 is 0. The van der Waals surface area contributed by atoms with E-state index in [1.54, 1.807) is 0 Å². The van der Waals surface area contributed by atoms with Gasteiger partial charge >= 0.3 is 0 Å². The molecule has 3 nitrogen and oxygen atoms in total. The molecule has 0 saturated carbocycles. The van der Waals surface area contributed by atoms with E-state index in [-0.39, 0.29) is 19.0 Å². The number of likely N-dealkylation sites (N-methyl/N-ethyl adjacent to an activating group) is 1. The topological polar surface area (TPSA) is 41.1 Å². The van der Waals surface area contributed by atoms with Crippen molar-refractivity contribution in [2.24, 2.45) is 0 Å². The minimum atomic E-state index is -0.431. The van der Waals surface area contributed by atoms with Crippen LogP contribution in [-0.4, -0.2) is 32.2 Å². The van der Waals surface area contributed by atoms with Gasteiger partial charge in [-0.3, -0.25) is 4.79 Å². The fourth-order valence-electron chi connectivity index (χ4n) is 0.528. The van der Waals surface area contributed by atoms with Crippen molar-refractivity contribution in [1.29, 1.82) is 0 Å². The monoisotopic (exact) mass is 148 g/mol. The highest BCUT2D eigenvalue weighted by atomic mass is 19.1. The maximum Gasteiger partial charge on any atom is 0.233 e. The molecule has 0 aromatic rings. The molecule has 0 aliphatic rings. The van der Waals surface area contributed by atoms with E-state index >= 15 is 0 Å². The number of carbonyl (C=O) groups is 1. The summed E-state index contributed by atoms with van der Waals surface area (Å²) in [6.07, 6.45) is 0.